The second-order valence-electron chi connectivity index (χ2n) is 4.05. The molecule has 0 aromatic rings. The van der Waals surface area contributed by atoms with E-state index in [2.05, 4.69) is 31.2 Å². The van der Waals surface area contributed by atoms with E-state index in [1.54, 1.807) is 7.11 Å². The number of hydrogen-bond acceptors (Lipinski definition) is 4. The van der Waals surface area contributed by atoms with Crippen LogP contribution in [0, 0.1) is 0 Å². The van der Waals surface area contributed by atoms with Gasteiger partial charge in [-0.2, -0.15) is 0 Å². The van der Waals surface area contributed by atoms with E-state index < -0.39 is 0 Å². The van der Waals surface area contributed by atoms with Crippen molar-refractivity contribution in [3.63, 3.8) is 0 Å². The molecule has 0 amide bonds. The fourth-order valence-electron chi connectivity index (χ4n) is 1.18. The highest BCUT2D eigenvalue weighted by Crippen LogP contribution is 1.91. The number of methoxy groups -OCH3 is 1. The van der Waals surface area contributed by atoms with Gasteiger partial charge >= 0.3 is 0 Å². The van der Waals surface area contributed by atoms with Gasteiger partial charge in [0.2, 0.25) is 0 Å². The summed E-state index contributed by atoms with van der Waals surface area (Å²) < 4.78 is 10.2. The van der Waals surface area contributed by atoms with Gasteiger partial charge in [0, 0.05) is 19.7 Å². The Morgan fingerprint density at radius 1 is 1.20 bits per heavy atom. The van der Waals surface area contributed by atoms with Crippen LogP contribution in [0.25, 0.3) is 0 Å². The number of nitrogens with zero attached hydrogens (tertiary/aromatic N) is 1. The molecule has 0 aliphatic rings. The van der Waals surface area contributed by atoms with Gasteiger partial charge < -0.3 is 19.7 Å². The number of rotatable bonds is 10. The van der Waals surface area contributed by atoms with Crippen molar-refractivity contribution < 1.29 is 9.47 Å². The molecule has 92 valence electrons. The molecule has 1 atom stereocenters. The Labute approximate surface area is 93.9 Å². The van der Waals surface area contributed by atoms with Crippen LogP contribution in [-0.4, -0.2) is 65.1 Å². The van der Waals surface area contributed by atoms with Crippen LogP contribution in [-0.2, 0) is 9.47 Å². The summed E-state index contributed by atoms with van der Waals surface area (Å²) >= 11 is 0. The highest BCUT2D eigenvalue weighted by Gasteiger charge is 2.00. The highest BCUT2D eigenvalue weighted by atomic mass is 16.5. The molecule has 0 saturated heterocycles. The zero-order chi connectivity index (χ0) is 11.5. The Morgan fingerprint density at radius 3 is 2.53 bits per heavy atom. The number of nitrogens with one attached hydrogen (secondary N) is 1. The first kappa shape index (κ1) is 14.8. The van der Waals surface area contributed by atoms with Crippen molar-refractivity contribution in [3.05, 3.63) is 0 Å². The van der Waals surface area contributed by atoms with Gasteiger partial charge in [0.05, 0.1) is 19.8 Å². The maximum Gasteiger partial charge on any atom is 0.0700 e. The van der Waals surface area contributed by atoms with Gasteiger partial charge in [-0.3, -0.25) is 0 Å². The molecule has 0 heterocycles. The van der Waals surface area contributed by atoms with E-state index in [1.807, 2.05) is 0 Å². The van der Waals surface area contributed by atoms with Crippen molar-refractivity contribution in [1.29, 1.82) is 0 Å². The van der Waals surface area contributed by atoms with Gasteiger partial charge in [-0.05, 0) is 34.0 Å². The summed E-state index contributed by atoms with van der Waals surface area (Å²) in [6.07, 6.45) is 1.17. The fourth-order valence-corrected chi connectivity index (χ4v) is 1.18. The van der Waals surface area contributed by atoms with Gasteiger partial charge in [0.1, 0.15) is 0 Å². The van der Waals surface area contributed by atoms with Crippen molar-refractivity contribution in [1.82, 2.24) is 10.2 Å². The van der Waals surface area contributed by atoms with Crippen LogP contribution in [0.2, 0.25) is 0 Å². The summed E-state index contributed by atoms with van der Waals surface area (Å²) in [5.74, 6) is 0. The van der Waals surface area contributed by atoms with E-state index >= 15 is 0 Å². The van der Waals surface area contributed by atoms with Crippen molar-refractivity contribution in [2.45, 2.75) is 19.4 Å². The molecule has 0 aliphatic carbocycles. The average molecular weight is 218 g/mol. The third-order valence-electron chi connectivity index (χ3n) is 2.18. The Kier molecular flexibility index (Phi) is 10.3. The van der Waals surface area contributed by atoms with Gasteiger partial charge in [-0.15, -0.1) is 0 Å². The first-order valence-corrected chi connectivity index (χ1v) is 5.61. The van der Waals surface area contributed by atoms with Crippen molar-refractivity contribution in [2.24, 2.45) is 0 Å². The van der Waals surface area contributed by atoms with E-state index in [1.165, 1.54) is 6.42 Å². The van der Waals surface area contributed by atoms with E-state index in [0.29, 0.717) is 19.3 Å². The minimum Gasteiger partial charge on any atom is -0.382 e. The maximum atomic E-state index is 5.35. The molecular weight excluding hydrogens is 192 g/mol. The molecule has 0 fully saturated rings. The van der Waals surface area contributed by atoms with Crippen LogP contribution in [0.5, 0.6) is 0 Å². The molecular formula is C11H26N2O2. The predicted molar refractivity (Wildman–Crippen MR) is 63.3 cm³/mol. The molecule has 0 aliphatic heterocycles. The van der Waals surface area contributed by atoms with Crippen molar-refractivity contribution in [3.8, 4) is 0 Å². The van der Waals surface area contributed by atoms with Gasteiger partial charge in [0.15, 0.2) is 0 Å². The van der Waals surface area contributed by atoms with E-state index in [9.17, 15) is 0 Å². The highest BCUT2D eigenvalue weighted by molar-refractivity contribution is 4.61. The molecule has 0 spiro atoms. The minimum absolute atomic E-state index is 0.554. The zero-order valence-electron chi connectivity index (χ0n) is 10.6. The van der Waals surface area contributed by atoms with Crippen LogP contribution in [0.15, 0.2) is 0 Å². The molecule has 15 heavy (non-hydrogen) atoms. The molecule has 4 nitrogen and oxygen atoms in total. The molecule has 0 rings (SSSR count). The van der Waals surface area contributed by atoms with Crippen LogP contribution in [0.1, 0.15) is 13.3 Å². The standard InChI is InChI=1S/C11H26N2O2/c1-11(5-7-13(2)3)12-6-8-15-10-9-14-4/h11-12H,5-10H2,1-4H3. The molecule has 0 radical (unpaired) electrons. The lowest BCUT2D eigenvalue weighted by molar-refractivity contribution is 0.0710. The van der Waals surface area contributed by atoms with Gasteiger partial charge in [0.25, 0.3) is 0 Å². The van der Waals surface area contributed by atoms with Crippen LogP contribution in [0.3, 0.4) is 0 Å². The van der Waals surface area contributed by atoms with Gasteiger partial charge in [-0.25, -0.2) is 0 Å². The average Bonchev–Trinajstić information content (AvgIpc) is 2.20. The molecule has 0 bridgehead atoms. The third kappa shape index (κ3) is 11.8. The first-order valence-electron chi connectivity index (χ1n) is 5.61. The van der Waals surface area contributed by atoms with Crippen molar-refractivity contribution in [2.75, 3.05) is 54.1 Å². The molecule has 1 unspecified atom stereocenters. The van der Waals surface area contributed by atoms with Crippen LogP contribution < -0.4 is 5.32 Å². The second kappa shape index (κ2) is 10.4. The zero-order valence-corrected chi connectivity index (χ0v) is 10.6. The van der Waals surface area contributed by atoms with Crippen LogP contribution >= 0.6 is 0 Å². The summed E-state index contributed by atoms with van der Waals surface area (Å²) in [4.78, 5) is 2.20. The normalized spacial score (nSPS) is 13.4. The molecule has 0 saturated carbocycles. The summed E-state index contributed by atoms with van der Waals surface area (Å²) in [7, 11) is 5.88. The van der Waals surface area contributed by atoms with Crippen molar-refractivity contribution >= 4 is 0 Å². The lowest BCUT2D eigenvalue weighted by Crippen LogP contribution is -2.32. The SMILES string of the molecule is COCCOCCNC(C)CCN(C)C. The third-order valence-corrected chi connectivity index (χ3v) is 2.18. The van der Waals surface area contributed by atoms with Gasteiger partial charge in [-0.1, -0.05) is 0 Å². The quantitative estimate of drug-likeness (QED) is 0.544. The number of ether oxygens (including phenoxy) is 2. The Morgan fingerprint density at radius 2 is 1.93 bits per heavy atom. The molecule has 1 N–H and O–H groups in total. The largest absolute Gasteiger partial charge is 0.382 e. The lowest BCUT2D eigenvalue weighted by atomic mass is 10.2. The monoisotopic (exact) mass is 218 g/mol. The van der Waals surface area contributed by atoms with E-state index in [4.69, 9.17) is 9.47 Å². The topological polar surface area (TPSA) is 33.7 Å². The first-order chi connectivity index (χ1) is 7.16. The van der Waals surface area contributed by atoms with E-state index in [0.717, 1.165) is 19.7 Å². The number of hydrogen-bond donors (Lipinski definition) is 1. The summed E-state index contributed by atoms with van der Waals surface area (Å²) in [5.41, 5.74) is 0. The molecule has 0 aromatic heterocycles. The summed E-state index contributed by atoms with van der Waals surface area (Å²) in [6.45, 7) is 6.37. The molecule has 0 aromatic carbocycles. The summed E-state index contributed by atoms with van der Waals surface area (Å²) in [5, 5.41) is 3.42. The van der Waals surface area contributed by atoms with E-state index in [-0.39, 0.29) is 0 Å². The fraction of sp³-hybridized carbons (Fsp3) is 1.00. The second-order valence-corrected chi connectivity index (χ2v) is 4.05. The Balaban J connectivity index is 3.13. The van der Waals surface area contributed by atoms with Crippen LogP contribution in [0.4, 0.5) is 0 Å². The Bertz CT molecular complexity index is 132. The lowest BCUT2D eigenvalue weighted by Gasteiger charge is -2.16. The predicted octanol–water partition coefficient (Wildman–Crippen LogP) is 0.579. The summed E-state index contributed by atoms with van der Waals surface area (Å²) in [6, 6.07) is 0.554. The Hall–Kier alpha value is -0.160. The minimum atomic E-state index is 0.554. The molecule has 4 heteroatoms. The smallest absolute Gasteiger partial charge is 0.0700 e. The maximum absolute atomic E-state index is 5.35.